The summed E-state index contributed by atoms with van der Waals surface area (Å²) in [4.78, 5) is 56.1. The number of hydrogen-bond acceptors (Lipinski definition) is 6. The van der Waals surface area contributed by atoms with E-state index in [-0.39, 0.29) is 18.3 Å². The van der Waals surface area contributed by atoms with Gasteiger partial charge in [-0.2, -0.15) is 0 Å². The zero-order chi connectivity index (χ0) is 24.4. The Balaban J connectivity index is 2.78. The van der Waals surface area contributed by atoms with E-state index in [1.54, 1.807) is 20.0 Å². The highest BCUT2D eigenvalue weighted by atomic mass is 16.4. The van der Waals surface area contributed by atoms with Crippen molar-refractivity contribution in [3.63, 3.8) is 0 Å². The number of aliphatic carboxylic acids is 1. The summed E-state index contributed by atoms with van der Waals surface area (Å²) in [5.41, 5.74) is 6.65. The van der Waals surface area contributed by atoms with Gasteiger partial charge in [-0.05, 0) is 18.8 Å². The molecule has 0 fully saturated rings. The Morgan fingerprint density at radius 2 is 1.53 bits per heavy atom. The molecule has 11 heteroatoms. The SMILES string of the molecule is CCC(C)C(NC(=O)C(C)NC(=O)C(NC(=O)C(N)Cc1cnc[nH]1)C(C)CC)C(=O)O. The Kier molecular flexibility index (Phi) is 10.8. The van der Waals surface area contributed by atoms with Crippen LogP contribution in [0.5, 0.6) is 0 Å². The van der Waals surface area contributed by atoms with Crippen molar-refractivity contribution < 1.29 is 24.3 Å². The predicted molar refractivity (Wildman–Crippen MR) is 118 cm³/mol. The van der Waals surface area contributed by atoms with E-state index < -0.39 is 47.9 Å². The lowest BCUT2D eigenvalue weighted by molar-refractivity contribution is -0.143. The van der Waals surface area contributed by atoms with Crippen LogP contribution in [0.25, 0.3) is 0 Å². The molecule has 0 spiro atoms. The third kappa shape index (κ3) is 7.95. The molecule has 1 rings (SSSR count). The number of imidazole rings is 1. The second-order valence-electron chi connectivity index (χ2n) is 8.20. The number of hydrogen-bond donors (Lipinski definition) is 6. The largest absolute Gasteiger partial charge is 0.480 e. The first-order valence-corrected chi connectivity index (χ1v) is 10.9. The summed E-state index contributed by atoms with van der Waals surface area (Å²) in [6, 6.07) is -3.84. The molecule has 0 aliphatic heterocycles. The number of nitrogens with one attached hydrogen (secondary N) is 4. The lowest BCUT2D eigenvalue weighted by Gasteiger charge is -2.27. The first-order chi connectivity index (χ1) is 15.0. The second-order valence-corrected chi connectivity index (χ2v) is 8.20. The molecule has 0 aliphatic rings. The fourth-order valence-electron chi connectivity index (χ4n) is 3.02. The van der Waals surface area contributed by atoms with Crippen molar-refractivity contribution in [3.05, 3.63) is 18.2 Å². The molecule has 6 unspecified atom stereocenters. The van der Waals surface area contributed by atoms with Crippen LogP contribution in [-0.2, 0) is 25.6 Å². The molecule has 6 atom stereocenters. The molecule has 1 aromatic rings. The quantitative estimate of drug-likeness (QED) is 0.242. The van der Waals surface area contributed by atoms with Gasteiger partial charge < -0.3 is 31.8 Å². The zero-order valence-electron chi connectivity index (χ0n) is 19.3. The van der Waals surface area contributed by atoms with E-state index >= 15 is 0 Å². The molecule has 0 aromatic carbocycles. The Hall–Kier alpha value is -2.95. The highest BCUT2D eigenvalue weighted by molar-refractivity contribution is 5.94. The molecule has 0 bridgehead atoms. The van der Waals surface area contributed by atoms with E-state index in [2.05, 4.69) is 25.9 Å². The van der Waals surface area contributed by atoms with Gasteiger partial charge in [0.25, 0.3) is 0 Å². The van der Waals surface area contributed by atoms with Gasteiger partial charge in [-0.3, -0.25) is 14.4 Å². The highest BCUT2D eigenvalue weighted by Crippen LogP contribution is 2.10. The van der Waals surface area contributed by atoms with Crippen LogP contribution in [0.3, 0.4) is 0 Å². The minimum Gasteiger partial charge on any atom is -0.480 e. The molecule has 0 radical (unpaired) electrons. The number of carbonyl (C=O) groups is 4. The van der Waals surface area contributed by atoms with Crippen LogP contribution in [0.2, 0.25) is 0 Å². The lowest BCUT2D eigenvalue weighted by atomic mass is 9.97. The van der Waals surface area contributed by atoms with Crippen LogP contribution in [0.1, 0.15) is 53.2 Å². The fraction of sp³-hybridized carbons (Fsp3) is 0.667. The first kappa shape index (κ1) is 27.1. The summed E-state index contributed by atoms with van der Waals surface area (Å²) >= 11 is 0. The standard InChI is InChI=1S/C21H36N6O5/c1-6-11(3)16(26-19(29)15(22)8-14-9-23-10-24-14)20(30)25-13(5)18(28)27-17(21(31)32)12(4)7-2/h9-13,15-17H,6-8,22H2,1-5H3,(H,23,24)(H,25,30)(H,26,29)(H,27,28)(H,31,32). The minimum absolute atomic E-state index is 0.222. The van der Waals surface area contributed by atoms with Crippen LogP contribution >= 0.6 is 0 Å². The number of H-pyrrole nitrogens is 1. The van der Waals surface area contributed by atoms with Gasteiger partial charge in [-0.25, -0.2) is 9.78 Å². The minimum atomic E-state index is -1.14. The van der Waals surface area contributed by atoms with E-state index in [0.29, 0.717) is 18.5 Å². The van der Waals surface area contributed by atoms with Crippen molar-refractivity contribution in [2.75, 3.05) is 0 Å². The number of carboxylic acids is 1. The maximum Gasteiger partial charge on any atom is 0.326 e. The summed E-state index contributed by atoms with van der Waals surface area (Å²) in [6.45, 7) is 8.69. The van der Waals surface area contributed by atoms with Crippen LogP contribution in [-0.4, -0.2) is 62.9 Å². The number of carbonyl (C=O) groups excluding carboxylic acids is 3. The summed E-state index contributed by atoms with van der Waals surface area (Å²) in [7, 11) is 0. The third-order valence-electron chi connectivity index (χ3n) is 5.65. The predicted octanol–water partition coefficient (Wildman–Crippen LogP) is -0.0694. The van der Waals surface area contributed by atoms with Gasteiger partial charge in [-0.15, -0.1) is 0 Å². The van der Waals surface area contributed by atoms with E-state index in [1.165, 1.54) is 13.3 Å². The molecule has 0 aliphatic carbocycles. The maximum atomic E-state index is 12.9. The molecule has 7 N–H and O–H groups in total. The lowest BCUT2D eigenvalue weighted by Crippen LogP contribution is -2.58. The average Bonchev–Trinajstić information content (AvgIpc) is 3.26. The van der Waals surface area contributed by atoms with Gasteiger partial charge in [0.15, 0.2) is 0 Å². The van der Waals surface area contributed by atoms with Gasteiger partial charge in [0.05, 0.1) is 12.4 Å². The average molecular weight is 453 g/mol. The third-order valence-corrected chi connectivity index (χ3v) is 5.65. The summed E-state index contributed by atoms with van der Waals surface area (Å²) in [5.74, 6) is -3.29. The Morgan fingerprint density at radius 1 is 0.969 bits per heavy atom. The van der Waals surface area contributed by atoms with Crippen LogP contribution < -0.4 is 21.7 Å². The van der Waals surface area contributed by atoms with E-state index in [1.807, 2.05) is 13.8 Å². The molecule has 0 saturated carbocycles. The van der Waals surface area contributed by atoms with Crippen molar-refractivity contribution in [2.45, 2.75) is 78.0 Å². The number of rotatable bonds is 13. The number of amides is 3. The molecular weight excluding hydrogens is 416 g/mol. The summed E-state index contributed by atoms with van der Waals surface area (Å²) in [5, 5.41) is 17.1. The Bertz CT molecular complexity index is 769. The molecule has 11 nitrogen and oxygen atoms in total. The van der Waals surface area contributed by atoms with Crippen molar-refractivity contribution >= 4 is 23.7 Å². The Labute approximate surface area is 188 Å². The van der Waals surface area contributed by atoms with Crippen molar-refractivity contribution in [1.82, 2.24) is 25.9 Å². The van der Waals surface area contributed by atoms with E-state index in [9.17, 15) is 24.3 Å². The van der Waals surface area contributed by atoms with Gasteiger partial charge >= 0.3 is 5.97 Å². The van der Waals surface area contributed by atoms with Crippen LogP contribution in [0.4, 0.5) is 0 Å². The second kappa shape index (κ2) is 12.8. The highest BCUT2D eigenvalue weighted by Gasteiger charge is 2.32. The zero-order valence-corrected chi connectivity index (χ0v) is 19.3. The number of nitrogens with zero attached hydrogens (tertiary/aromatic N) is 1. The monoisotopic (exact) mass is 452 g/mol. The van der Waals surface area contributed by atoms with E-state index in [4.69, 9.17) is 5.73 Å². The maximum absolute atomic E-state index is 12.9. The summed E-state index contributed by atoms with van der Waals surface area (Å²) in [6.07, 6.45) is 4.45. The topological polar surface area (TPSA) is 179 Å². The number of aromatic nitrogens is 2. The molecule has 0 saturated heterocycles. The summed E-state index contributed by atoms with van der Waals surface area (Å²) < 4.78 is 0. The normalized spacial score (nSPS) is 16.7. The fourth-order valence-corrected chi connectivity index (χ4v) is 3.02. The number of nitrogens with two attached hydrogens (primary N) is 1. The Morgan fingerprint density at radius 3 is 2.03 bits per heavy atom. The molecule has 1 heterocycles. The molecule has 32 heavy (non-hydrogen) atoms. The van der Waals surface area contributed by atoms with Crippen molar-refractivity contribution in [3.8, 4) is 0 Å². The van der Waals surface area contributed by atoms with Crippen molar-refractivity contribution in [1.29, 1.82) is 0 Å². The smallest absolute Gasteiger partial charge is 0.326 e. The van der Waals surface area contributed by atoms with E-state index in [0.717, 1.165) is 0 Å². The van der Waals surface area contributed by atoms with Gasteiger partial charge in [0.1, 0.15) is 18.1 Å². The first-order valence-electron chi connectivity index (χ1n) is 10.9. The van der Waals surface area contributed by atoms with Gasteiger partial charge in [0.2, 0.25) is 17.7 Å². The molecule has 3 amide bonds. The van der Waals surface area contributed by atoms with Gasteiger partial charge in [0, 0.05) is 18.3 Å². The molecule has 180 valence electrons. The molecule has 1 aromatic heterocycles. The van der Waals surface area contributed by atoms with Crippen molar-refractivity contribution in [2.24, 2.45) is 17.6 Å². The van der Waals surface area contributed by atoms with Crippen LogP contribution in [0.15, 0.2) is 12.5 Å². The van der Waals surface area contributed by atoms with Crippen LogP contribution in [0, 0.1) is 11.8 Å². The number of aromatic amines is 1. The molecular formula is C21H36N6O5. The number of carboxylic acid groups (broad SMARTS) is 1. The van der Waals surface area contributed by atoms with Gasteiger partial charge in [-0.1, -0.05) is 40.5 Å².